The van der Waals surface area contributed by atoms with E-state index in [0.717, 1.165) is 0 Å². The maximum Gasteiger partial charge on any atom is 0.200 e. The number of benzene rings is 1. The molecule has 1 fully saturated rings. The van der Waals surface area contributed by atoms with Crippen LogP contribution in [0.3, 0.4) is 0 Å². The monoisotopic (exact) mass is 405 g/mol. The van der Waals surface area contributed by atoms with E-state index < -0.39 is 48.4 Å². The van der Waals surface area contributed by atoms with Crippen LogP contribution >= 0.6 is 0 Å². The number of aromatic nitrogens is 4. The Hall–Kier alpha value is -3.19. The summed E-state index contributed by atoms with van der Waals surface area (Å²) in [7, 11) is 0. The first-order valence-corrected chi connectivity index (χ1v) is 8.68. The van der Waals surface area contributed by atoms with Gasteiger partial charge in [-0.15, -0.1) is 0 Å². The number of phenols is 3. The number of hydrogen-bond acceptors (Lipinski definition) is 11. The van der Waals surface area contributed by atoms with Gasteiger partial charge in [-0.3, -0.25) is 4.57 Å². The van der Waals surface area contributed by atoms with Crippen LogP contribution < -0.4 is 5.32 Å². The van der Waals surface area contributed by atoms with Crippen LogP contribution in [0.25, 0.3) is 11.2 Å². The third-order valence-corrected chi connectivity index (χ3v) is 4.74. The first-order chi connectivity index (χ1) is 13.9. The normalized spacial score (nSPS) is 24.2. The highest BCUT2D eigenvalue weighted by molar-refractivity contribution is 5.82. The van der Waals surface area contributed by atoms with Crippen molar-refractivity contribution in [1.82, 2.24) is 19.5 Å². The molecule has 4 atom stereocenters. The molecule has 0 saturated carbocycles. The van der Waals surface area contributed by atoms with Crippen molar-refractivity contribution in [3.63, 3.8) is 0 Å². The second-order valence-electron chi connectivity index (χ2n) is 6.61. The number of hydrogen-bond donors (Lipinski definition) is 7. The molecule has 0 aliphatic carbocycles. The van der Waals surface area contributed by atoms with Gasteiger partial charge in [-0.2, -0.15) is 0 Å². The van der Waals surface area contributed by atoms with E-state index in [1.54, 1.807) is 0 Å². The van der Waals surface area contributed by atoms with Gasteiger partial charge in [-0.25, -0.2) is 15.0 Å². The van der Waals surface area contributed by atoms with Gasteiger partial charge in [0.15, 0.2) is 40.5 Å². The summed E-state index contributed by atoms with van der Waals surface area (Å²) < 4.78 is 6.94. The van der Waals surface area contributed by atoms with Crippen LogP contribution in [0.5, 0.6) is 17.2 Å². The van der Waals surface area contributed by atoms with Gasteiger partial charge in [0.05, 0.1) is 12.9 Å². The molecule has 12 heteroatoms. The van der Waals surface area contributed by atoms with Crippen LogP contribution in [0.1, 0.15) is 11.8 Å². The fraction of sp³-hybridized carbons (Fsp3) is 0.353. The first-order valence-electron chi connectivity index (χ1n) is 8.68. The fourth-order valence-electron chi connectivity index (χ4n) is 3.23. The van der Waals surface area contributed by atoms with Crippen LogP contribution in [-0.2, 0) is 11.3 Å². The number of aromatic hydroxyl groups is 3. The van der Waals surface area contributed by atoms with Crippen molar-refractivity contribution in [3.05, 3.63) is 30.4 Å². The molecule has 4 rings (SSSR count). The van der Waals surface area contributed by atoms with Gasteiger partial charge in [0, 0.05) is 6.54 Å². The first kappa shape index (κ1) is 19.1. The number of fused-ring (bicyclic) bond motifs is 1. The number of phenolic OH excluding ortho intramolecular Hbond substituents is 3. The molecule has 0 spiro atoms. The molecule has 2 aromatic heterocycles. The molecule has 12 nitrogen and oxygen atoms in total. The van der Waals surface area contributed by atoms with E-state index in [4.69, 9.17) is 4.74 Å². The third-order valence-electron chi connectivity index (χ3n) is 4.74. The number of aliphatic hydroxyl groups excluding tert-OH is 3. The Morgan fingerprint density at radius 3 is 2.41 bits per heavy atom. The largest absolute Gasteiger partial charge is 0.504 e. The van der Waals surface area contributed by atoms with Gasteiger partial charge < -0.3 is 40.7 Å². The smallest absolute Gasteiger partial charge is 0.200 e. The Kier molecular flexibility index (Phi) is 4.84. The summed E-state index contributed by atoms with van der Waals surface area (Å²) in [5.74, 6) is -1.17. The van der Waals surface area contributed by atoms with Crippen LogP contribution in [-0.4, -0.2) is 75.1 Å². The highest BCUT2D eigenvalue weighted by atomic mass is 16.6. The predicted octanol–water partition coefficient (Wildman–Crippen LogP) is -0.833. The zero-order valence-corrected chi connectivity index (χ0v) is 14.9. The Morgan fingerprint density at radius 2 is 1.76 bits per heavy atom. The molecule has 0 radical (unpaired) electrons. The molecule has 0 bridgehead atoms. The average Bonchev–Trinajstić information content (AvgIpc) is 3.26. The molecule has 154 valence electrons. The van der Waals surface area contributed by atoms with E-state index in [9.17, 15) is 30.6 Å². The van der Waals surface area contributed by atoms with Crippen LogP contribution in [0, 0.1) is 0 Å². The SMILES string of the molecule is OC[C@H]1O[C@@H](n2cnc3c(NCc4cc(O)c(O)c(O)c4)ncnc32)[C@H](O)[C@@H]1O. The lowest BCUT2D eigenvalue weighted by atomic mass is 10.1. The standard InChI is InChI=1S/C17H19N5O7/c23-4-10-13(27)14(28)17(29-10)22-6-21-11-15(19-5-20-16(11)22)18-3-7-1-8(24)12(26)9(25)2-7/h1-2,5-6,10,13-14,17,23-28H,3-4H2,(H,18,19,20)/t10-,13-,14-,17-/m1/s1. The summed E-state index contributed by atoms with van der Waals surface area (Å²) in [6, 6.07) is 2.58. The van der Waals surface area contributed by atoms with E-state index in [2.05, 4.69) is 20.3 Å². The van der Waals surface area contributed by atoms with Gasteiger partial charge in [-0.05, 0) is 17.7 Å². The molecular formula is C17H19N5O7. The Bertz CT molecular complexity index is 1020. The quantitative estimate of drug-likeness (QED) is 0.263. The number of nitrogens with zero attached hydrogens (tertiary/aromatic N) is 4. The van der Waals surface area contributed by atoms with Crippen molar-refractivity contribution >= 4 is 17.0 Å². The van der Waals surface area contributed by atoms with Crippen molar-refractivity contribution in [2.24, 2.45) is 0 Å². The summed E-state index contributed by atoms with van der Waals surface area (Å²) in [6.45, 7) is -0.302. The highest BCUT2D eigenvalue weighted by Crippen LogP contribution is 2.36. The van der Waals surface area contributed by atoms with E-state index in [0.29, 0.717) is 22.5 Å². The van der Waals surface area contributed by atoms with E-state index in [-0.39, 0.29) is 6.54 Å². The number of aliphatic hydroxyl groups is 3. The number of imidazole rings is 1. The zero-order chi connectivity index (χ0) is 20.7. The van der Waals surface area contributed by atoms with Crippen molar-refractivity contribution in [2.45, 2.75) is 31.1 Å². The summed E-state index contributed by atoms with van der Waals surface area (Å²) in [6.07, 6.45) is -1.79. The molecular weight excluding hydrogens is 386 g/mol. The van der Waals surface area contributed by atoms with Gasteiger partial charge in [-0.1, -0.05) is 0 Å². The molecule has 3 heterocycles. The molecule has 1 aliphatic heterocycles. The van der Waals surface area contributed by atoms with Crippen molar-refractivity contribution in [1.29, 1.82) is 0 Å². The van der Waals surface area contributed by atoms with E-state index >= 15 is 0 Å². The molecule has 1 aliphatic rings. The second kappa shape index (κ2) is 7.33. The van der Waals surface area contributed by atoms with Crippen molar-refractivity contribution in [3.8, 4) is 17.2 Å². The van der Waals surface area contributed by atoms with Gasteiger partial charge in [0.1, 0.15) is 24.6 Å². The number of nitrogens with one attached hydrogen (secondary N) is 1. The fourth-order valence-corrected chi connectivity index (χ4v) is 3.23. The van der Waals surface area contributed by atoms with Gasteiger partial charge in [0.25, 0.3) is 0 Å². The minimum atomic E-state index is -1.28. The van der Waals surface area contributed by atoms with Crippen LogP contribution in [0.4, 0.5) is 5.82 Å². The summed E-state index contributed by atoms with van der Waals surface area (Å²) in [4.78, 5) is 12.5. The Labute approximate surface area is 163 Å². The minimum absolute atomic E-state index is 0.147. The number of ether oxygens (including phenoxy) is 1. The van der Waals surface area contributed by atoms with Gasteiger partial charge in [0.2, 0.25) is 0 Å². The Balaban J connectivity index is 1.60. The van der Waals surface area contributed by atoms with Crippen molar-refractivity contribution < 1.29 is 35.4 Å². The molecule has 29 heavy (non-hydrogen) atoms. The summed E-state index contributed by atoms with van der Waals surface area (Å²) >= 11 is 0. The third kappa shape index (κ3) is 3.27. The van der Waals surface area contributed by atoms with E-state index in [1.165, 1.54) is 29.4 Å². The lowest BCUT2D eigenvalue weighted by Crippen LogP contribution is -2.33. The minimum Gasteiger partial charge on any atom is -0.504 e. The molecule has 0 unspecified atom stereocenters. The number of rotatable bonds is 5. The maximum atomic E-state index is 10.2. The molecule has 3 aromatic rings. The summed E-state index contributed by atoms with van der Waals surface area (Å²) in [5.41, 5.74) is 1.17. The summed E-state index contributed by atoms with van der Waals surface area (Å²) in [5, 5.41) is 61.1. The maximum absolute atomic E-state index is 10.2. The predicted molar refractivity (Wildman–Crippen MR) is 97.1 cm³/mol. The number of anilines is 1. The highest BCUT2D eigenvalue weighted by Gasteiger charge is 2.44. The molecule has 0 amide bonds. The average molecular weight is 405 g/mol. The molecule has 1 saturated heterocycles. The van der Waals surface area contributed by atoms with Crippen molar-refractivity contribution in [2.75, 3.05) is 11.9 Å². The van der Waals surface area contributed by atoms with E-state index in [1.807, 2.05) is 0 Å². The van der Waals surface area contributed by atoms with Gasteiger partial charge >= 0.3 is 0 Å². The zero-order valence-electron chi connectivity index (χ0n) is 14.9. The lowest BCUT2D eigenvalue weighted by Gasteiger charge is -2.16. The lowest BCUT2D eigenvalue weighted by molar-refractivity contribution is -0.0511. The van der Waals surface area contributed by atoms with Crippen LogP contribution in [0.15, 0.2) is 24.8 Å². The van der Waals surface area contributed by atoms with Crippen LogP contribution in [0.2, 0.25) is 0 Å². The topological polar surface area (TPSA) is 186 Å². The molecule has 7 N–H and O–H groups in total. The molecule has 1 aromatic carbocycles. The Morgan fingerprint density at radius 1 is 1.03 bits per heavy atom. The second-order valence-corrected chi connectivity index (χ2v) is 6.61.